The molecule has 41 heavy (non-hydrogen) atoms. The molecule has 2 N–H and O–H groups in total. The van der Waals surface area contributed by atoms with Crippen molar-refractivity contribution in [2.75, 3.05) is 31.6 Å². The van der Waals surface area contributed by atoms with Gasteiger partial charge in [-0.2, -0.15) is 0 Å². The number of hydrogen-bond acceptors (Lipinski definition) is 6. The lowest BCUT2D eigenvalue weighted by Crippen LogP contribution is -2.27. The molecule has 0 bridgehead atoms. The number of benzene rings is 3. The summed E-state index contributed by atoms with van der Waals surface area (Å²) in [6.45, 7) is 7.85. The van der Waals surface area contributed by atoms with E-state index in [0.717, 1.165) is 36.6 Å². The Bertz CT molecular complexity index is 1600. The standard InChI is InChI=1S/C31H29Cl3N6O/c1-3-40(4-2)17-18-41-23-13-11-22(12-14-23)36-31-35-16-15-26(37-31)29-28(20-7-5-8-21(32)19-20)38-30(39-29)27-24(33)9-6-10-25(27)34/h5-16,19H,3-4,17-18H2,1-2H3,(H,38,39)(H,35,36,37). The van der Waals surface area contributed by atoms with Gasteiger partial charge < -0.3 is 19.9 Å². The zero-order chi connectivity index (χ0) is 28.8. The molecule has 0 aliphatic rings. The largest absolute Gasteiger partial charge is 0.492 e. The number of H-pyrrole nitrogens is 1. The number of likely N-dealkylation sites (N-methyl/N-ethyl adjacent to an activating group) is 1. The molecule has 0 saturated heterocycles. The van der Waals surface area contributed by atoms with Gasteiger partial charge in [-0.3, -0.25) is 0 Å². The molecule has 0 aliphatic carbocycles. The predicted molar refractivity (Wildman–Crippen MR) is 169 cm³/mol. The van der Waals surface area contributed by atoms with Crippen molar-refractivity contribution in [1.82, 2.24) is 24.8 Å². The number of aromatic amines is 1. The van der Waals surface area contributed by atoms with Crippen LogP contribution >= 0.6 is 34.8 Å². The zero-order valence-corrected chi connectivity index (χ0v) is 24.9. The molecule has 3 aromatic carbocycles. The average molecular weight is 608 g/mol. The van der Waals surface area contributed by atoms with Crippen molar-refractivity contribution in [3.05, 3.63) is 94.1 Å². The van der Waals surface area contributed by atoms with Crippen LogP contribution in [0.5, 0.6) is 5.75 Å². The van der Waals surface area contributed by atoms with Crippen molar-refractivity contribution in [1.29, 1.82) is 0 Å². The molecule has 0 unspecified atom stereocenters. The Kier molecular flexibility index (Phi) is 9.42. The van der Waals surface area contributed by atoms with Gasteiger partial charge in [-0.1, -0.05) is 66.8 Å². The van der Waals surface area contributed by atoms with Crippen LogP contribution in [0.1, 0.15) is 13.8 Å². The minimum absolute atomic E-state index is 0.432. The van der Waals surface area contributed by atoms with E-state index in [2.05, 4.69) is 34.0 Å². The molecule has 0 saturated carbocycles. The molecule has 10 heteroatoms. The third kappa shape index (κ3) is 7.00. The van der Waals surface area contributed by atoms with Gasteiger partial charge in [-0.15, -0.1) is 0 Å². The number of nitrogens with one attached hydrogen (secondary N) is 2. The number of anilines is 2. The number of ether oxygens (including phenoxy) is 1. The molecule has 0 atom stereocenters. The number of halogens is 3. The van der Waals surface area contributed by atoms with E-state index >= 15 is 0 Å². The van der Waals surface area contributed by atoms with Gasteiger partial charge in [0.15, 0.2) is 0 Å². The highest BCUT2D eigenvalue weighted by atomic mass is 35.5. The van der Waals surface area contributed by atoms with Crippen molar-refractivity contribution in [2.24, 2.45) is 0 Å². The molecule has 2 heterocycles. The van der Waals surface area contributed by atoms with Gasteiger partial charge in [0.25, 0.3) is 0 Å². The molecule has 210 valence electrons. The van der Waals surface area contributed by atoms with Gasteiger partial charge in [0.1, 0.15) is 18.2 Å². The highest BCUT2D eigenvalue weighted by molar-refractivity contribution is 6.39. The third-order valence-corrected chi connectivity index (χ3v) is 7.46. The maximum absolute atomic E-state index is 6.51. The van der Waals surface area contributed by atoms with E-state index in [4.69, 9.17) is 49.5 Å². The van der Waals surface area contributed by atoms with Gasteiger partial charge in [-0.25, -0.2) is 15.0 Å². The van der Waals surface area contributed by atoms with E-state index in [1.165, 1.54) is 0 Å². The second-order valence-corrected chi connectivity index (χ2v) is 10.5. The van der Waals surface area contributed by atoms with E-state index in [9.17, 15) is 0 Å². The van der Waals surface area contributed by atoms with Crippen molar-refractivity contribution in [2.45, 2.75) is 13.8 Å². The average Bonchev–Trinajstić information content (AvgIpc) is 3.41. The lowest BCUT2D eigenvalue weighted by molar-refractivity contribution is 0.223. The Labute approximate surface area is 254 Å². The fourth-order valence-corrected chi connectivity index (χ4v) is 5.17. The van der Waals surface area contributed by atoms with Crippen molar-refractivity contribution >= 4 is 46.4 Å². The van der Waals surface area contributed by atoms with Crippen LogP contribution < -0.4 is 10.1 Å². The first-order valence-corrected chi connectivity index (χ1v) is 14.4. The summed E-state index contributed by atoms with van der Waals surface area (Å²) in [6, 6.07) is 22.4. The summed E-state index contributed by atoms with van der Waals surface area (Å²) in [5.41, 5.74) is 4.24. The number of rotatable bonds is 11. The smallest absolute Gasteiger partial charge is 0.227 e. The minimum Gasteiger partial charge on any atom is -0.492 e. The zero-order valence-electron chi connectivity index (χ0n) is 22.7. The maximum atomic E-state index is 6.51. The molecule has 5 rings (SSSR count). The van der Waals surface area contributed by atoms with E-state index in [1.807, 2.05) is 54.6 Å². The summed E-state index contributed by atoms with van der Waals surface area (Å²) in [7, 11) is 0. The summed E-state index contributed by atoms with van der Waals surface area (Å²) in [5, 5.41) is 4.85. The Morgan fingerprint density at radius 2 is 1.61 bits per heavy atom. The Morgan fingerprint density at radius 1 is 0.878 bits per heavy atom. The molecular formula is C31H29Cl3N6O. The Balaban J connectivity index is 1.42. The molecule has 0 amide bonds. The van der Waals surface area contributed by atoms with Crippen LogP contribution in [-0.4, -0.2) is 51.1 Å². The summed E-state index contributed by atoms with van der Waals surface area (Å²) in [6.07, 6.45) is 1.69. The van der Waals surface area contributed by atoms with E-state index in [0.29, 0.717) is 56.1 Å². The molecule has 0 aliphatic heterocycles. The molecule has 0 fully saturated rings. The van der Waals surface area contributed by atoms with E-state index in [-0.39, 0.29) is 0 Å². The molecule has 0 spiro atoms. The summed E-state index contributed by atoms with van der Waals surface area (Å²) >= 11 is 19.3. The SMILES string of the molecule is CCN(CC)CCOc1ccc(Nc2nccc(-c3[nH]c(-c4c(Cl)cccc4Cl)nc3-c3cccc(Cl)c3)n2)cc1. The van der Waals surface area contributed by atoms with E-state index in [1.54, 1.807) is 24.4 Å². The number of nitrogens with zero attached hydrogens (tertiary/aromatic N) is 4. The van der Waals surface area contributed by atoms with Gasteiger partial charge in [0.2, 0.25) is 5.95 Å². The summed E-state index contributed by atoms with van der Waals surface area (Å²) in [5.74, 6) is 1.77. The highest BCUT2D eigenvalue weighted by Gasteiger charge is 2.20. The quantitative estimate of drug-likeness (QED) is 0.156. The van der Waals surface area contributed by atoms with Gasteiger partial charge in [-0.05, 0) is 67.7 Å². The van der Waals surface area contributed by atoms with Crippen LogP contribution in [0.25, 0.3) is 34.0 Å². The van der Waals surface area contributed by atoms with Crippen LogP contribution in [0.3, 0.4) is 0 Å². The normalized spacial score (nSPS) is 11.2. The molecule has 7 nitrogen and oxygen atoms in total. The topological polar surface area (TPSA) is 79.0 Å². The summed E-state index contributed by atoms with van der Waals surface area (Å²) < 4.78 is 5.90. The maximum Gasteiger partial charge on any atom is 0.227 e. The van der Waals surface area contributed by atoms with Crippen molar-refractivity contribution in [3.63, 3.8) is 0 Å². The van der Waals surface area contributed by atoms with Crippen molar-refractivity contribution in [3.8, 4) is 39.8 Å². The second kappa shape index (κ2) is 13.4. The lowest BCUT2D eigenvalue weighted by Gasteiger charge is -2.18. The molecule has 0 radical (unpaired) electrons. The van der Waals surface area contributed by atoms with Gasteiger partial charge >= 0.3 is 0 Å². The fraction of sp³-hybridized carbons (Fsp3) is 0.194. The monoisotopic (exact) mass is 606 g/mol. The number of hydrogen-bond donors (Lipinski definition) is 2. The second-order valence-electron chi connectivity index (χ2n) is 9.21. The Hall–Kier alpha value is -3.62. The van der Waals surface area contributed by atoms with Crippen LogP contribution in [0.4, 0.5) is 11.6 Å². The first-order valence-electron chi connectivity index (χ1n) is 13.3. The minimum atomic E-state index is 0.432. The number of aromatic nitrogens is 4. The van der Waals surface area contributed by atoms with Crippen molar-refractivity contribution < 1.29 is 4.74 Å². The highest BCUT2D eigenvalue weighted by Crippen LogP contribution is 2.38. The van der Waals surface area contributed by atoms with Crippen LogP contribution in [0, 0.1) is 0 Å². The van der Waals surface area contributed by atoms with Crippen LogP contribution in [0.15, 0.2) is 79.0 Å². The van der Waals surface area contributed by atoms with E-state index < -0.39 is 0 Å². The summed E-state index contributed by atoms with van der Waals surface area (Å²) in [4.78, 5) is 19.8. The lowest BCUT2D eigenvalue weighted by atomic mass is 10.1. The first kappa shape index (κ1) is 28.9. The third-order valence-electron chi connectivity index (χ3n) is 6.59. The molecule has 5 aromatic rings. The van der Waals surface area contributed by atoms with Crippen LogP contribution in [0.2, 0.25) is 15.1 Å². The van der Waals surface area contributed by atoms with Crippen LogP contribution in [-0.2, 0) is 0 Å². The first-order chi connectivity index (χ1) is 19.9. The fourth-order valence-electron chi connectivity index (χ4n) is 4.40. The van der Waals surface area contributed by atoms with Gasteiger partial charge in [0, 0.05) is 29.0 Å². The van der Waals surface area contributed by atoms with Gasteiger partial charge in [0.05, 0.1) is 32.7 Å². The predicted octanol–water partition coefficient (Wildman–Crippen LogP) is 8.63. The molecule has 2 aromatic heterocycles. The number of imidazole rings is 1. The Morgan fingerprint density at radius 3 is 2.32 bits per heavy atom. The molecular weight excluding hydrogens is 579 g/mol.